The summed E-state index contributed by atoms with van der Waals surface area (Å²) in [6.45, 7) is -0.178. The molecule has 0 bridgehead atoms. The van der Waals surface area contributed by atoms with Crippen LogP contribution in [0.25, 0.3) is 22.4 Å². The van der Waals surface area contributed by atoms with Crippen LogP contribution in [0.5, 0.6) is 5.75 Å². The molecular weight excluding hydrogens is 444 g/mol. The zero-order chi connectivity index (χ0) is 19.7. The number of hydrogen-bond acceptors (Lipinski definition) is 6. The summed E-state index contributed by atoms with van der Waals surface area (Å²) in [4.78, 5) is 28.4. The molecule has 0 spiro atoms. The lowest BCUT2D eigenvalue weighted by Crippen LogP contribution is -2.23. The Labute approximate surface area is 171 Å². The second-order valence-corrected chi connectivity index (χ2v) is 7.80. The summed E-state index contributed by atoms with van der Waals surface area (Å²) in [5.74, 6) is 0.502. The molecule has 0 fully saturated rings. The lowest BCUT2D eigenvalue weighted by atomic mass is 10.2. The quantitative estimate of drug-likeness (QED) is 0.494. The van der Waals surface area contributed by atoms with Gasteiger partial charge in [0.1, 0.15) is 5.75 Å². The van der Waals surface area contributed by atoms with Gasteiger partial charge in [0, 0.05) is 10.0 Å². The molecule has 2 aromatic heterocycles. The first-order chi connectivity index (χ1) is 13.5. The van der Waals surface area contributed by atoms with Gasteiger partial charge in [0.2, 0.25) is 4.96 Å². The first kappa shape index (κ1) is 18.3. The van der Waals surface area contributed by atoms with Crippen LogP contribution in [0.4, 0.5) is 0 Å². The van der Waals surface area contributed by atoms with Crippen LogP contribution in [0.2, 0.25) is 0 Å². The Hall–Kier alpha value is -3.04. The van der Waals surface area contributed by atoms with Crippen molar-refractivity contribution >= 4 is 44.2 Å². The van der Waals surface area contributed by atoms with Gasteiger partial charge in [-0.2, -0.15) is 9.50 Å². The molecule has 0 aliphatic carbocycles. The van der Waals surface area contributed by atoms with Crippen molar-refractivity contribution in [3.8, 4) is 17.1 Å². The van der Waals surface area contributed by atoms with Gasteiger partial charge in [-0.1, -0.05) is 51.5 Å². The smallest absolute Gasteiger partial charge is 0.291 e. The Kier molecular flexibility index (Phi) is 4.93. The third kappa shape index (κ3) is 3.80. The van der Waals surface area contributed by atoms with E-state index in [1.807, 2.05) is 24.3 Å². The number of carbonyl (C=O) groups excluding carboxylic acids is 1. The van der Waals surface area contributed by atoms with Crippen LogP contribution in [-0.2, 0) is 4.79 Å². The maximum Gasteiger partial charge on any atom is 0.291 e. The summed E-state index contributed by atoms with van der Waals surface area (Å²) in [6.07, 6.45) is 1.76. The van der Waals surface area contributed by atoms with Crippen LogP contribution in [0, 0.1) is 0 Å². The highest BCUT2D eigenvalue weighted by Gasteiger charge is 2.12. The van der Waals surface area contributed by atoms with Gasteiger partial charge in [-0.25, -0.2) is 0 Å². The fraction of sp³-hybridized carbons (Fsp3) is 0.0526. The third-order valence-corrected chi connectivity index (χ3v) is 5.33. The fourth-order valence-electron chi connectivity index (χ4n) is 2.52. The summed E-state index contributed by atoms with van der Waals surface area (Å²) >= 11 is 4.67. The maximum absolute atomic E-state index is 12.6. The van der Waals surface area contributed by atoms with Crippen molar-refractivity contribution in [3.05, 3.63) is 73.5 Å². The zero-order valence-electron chi connectivity index (χ0n) is 14.3. The number of halogens is 1. The molecule has 7 nitrogen and oxygen atoms in total. The number of nitrogens with zero attached hydrogens (tertiary/aromatic N) is 3. The van der Waals surface area contributed by atoms with Gasteiger partial charge in [-0.3, -0.25) is 9.59 Å². The van der Waals surface area contributed by atoms with Crippen LogP contribution in [0.3, 0.4) is 0 Å². The van der Waals surface area contributed by atoms with Gasteiger partial charge >= 0.3 is 0 Å². The minimum atomic E-state index is -0.538. The largest absolute Gasteiger partial charge is 0.484 e. The number of fused-ring (bicyclic) bond motifs is 1. The van der Waals surface area contributed by atoms with E-state index in [0.29, 0.717) is 21.1 Å². The lowest BCUT2D eigenvalue weighted by molar-refractivity contribution is -0.119. The van der Waals surface area contributed by atoms with E-state index < -0.39 is 5.91 Å². The second-order valence-electron chi connectivity index (χ2n) is 5.88. The van der Waals surface area contributed by atoms with Crippen molar-refractivity contribution < 1.29 is 9.53 Å². The predicted molar refractivity (Wildman–Crippen MR) is 110 cm³/mol. The predicted octanol–water partition coefficient (Wildman–Crippen LogP) is 1.99. The Morgan fingerprint density at radius 3 is 2.54 bits per heavy atom. The van der Waals surface area contributed by atoms with Crippen LogP contribution < -0.4 is 20.6 Å². The highest BCUT2D eigenvalue weighted by molar-refractivity contribution is 9.10. The molecule has 0 aliphatic heterocycles. The number of amides is 1. The van der Waals surface area contributed by atoms with Crippen molar-refractivity contribution in [1.82, 2.24) is 14.6 Å². The highest BCUT2D eigenvalue weighted by atomic mass is 79.9. The summed E-state index contributed by atoms with van der Waals surface area (Å²) in [7, 11) is 0. The van der Waals surface area contributed by atoms with E-state index in [-0.39, 0.29) is 12.2 Å². The topological polar surface area (TPSA) is 99.6 Å². The van der Waals surface area contributed by atoms with Crippen molar-refractivity contribution in [3.63, 3.8) is 0 Å². The number of thiazole rings is 1. The van der Waals surface area contributed by atoms with Crippen LogP contribution in [0.1, 0.15) is 5.56 Å². The van der Waals surface area contributed by atoms with E-state index in [1.54, 1.807) is 30.3 Å². The standard InChI is InChI=1S/C19H13BrN4O3S/c20-13-5-3-12(4-6-13)17-22-19-24(23-17)18(26)15(28-19)9-11-1-7-14(8-2-11)27-10-16(21)25/h1-9H,10H2,(H2,21,25)/b15-9-. The number of aromatic nitrogens is 3. The van der Waals surface area contributed by atoms with E-state index in [9.17, 15) is 9.59 Å². The molecule has 0 atom stereocenters. The average molecular weight is 457 g/mol. The summed E-state index contributed by atoms with van der Waals surface area (Å²) < 4.78 is 8.03. The molecule has 4 rings (SSSR count). The van der Waals surface area contributed by atoms with Gasteiger partial charge in [0.25, 0.3) is 11.5 Å². The first-order valence-corrected chi connectivity index (χ1v) is 9.79. The van der Waals surface area contributed by atoms with Gasteiger partial charge in [-0.05, 0) is 35.9 Å². The third-order valence-electron chi connectivity index (χ3n) is 3.84. The summed E-state index contributed by atoms with van der Waals surface area (Å²) in [6, 6.07) is 14.6. The molecular formula is C19H13BrN4O3S. The molecule has 0 radical (unpaired) electrons. The molecule has 2 aromatic carbocycles. The second kappa shape index (κ2) is 7.53. The molecule has 0 saturated heterocycles. The molecule has 9 heteroatoms. The first-order valence-electron chi connectivity index (χ1n) is 8.18. The fourth-order valence-corrected chi connectivity index (χ4v) is 3.69. The molecule has 4 aromatic rings. The number of carbonyl (C=O) groups is 1. The minimum Gasteiger partial charge on any atom is -0.484 e. The Bertz CT molecular complexity index is 1260. The SMILES string of the molecule is NC(=O)COc1ccc(/C=c2\sc3nc(-c4ccc(Br)cc4)nn3c2=O)cc1. The molecule has 1 amide bonds. The number of ether oxygens (including phenoxy) is 1. The molecule has 2 N–H and O–H groups in total. The van der Waals surface area contributed by atoms with Gasteiger partial charge in [0.15, 0.2) is 12.4 Å². The molecule has 0 aliphatic rings. The number of primary amides is 1. The van der Waals surface area contributed by atoms with E-state index in [1.165, 1.54) is 15.9 Å². The maximum atomic E-state index is 12.6. The highest BCUT2D eigenvalue weighted by Crippen LogP contribution is 2.19. The normalized spacial score (nSPS) is 11.8. The van der Waals surface area contributed by atoms with Crippen LogP contribution in [-0.4, -0.2) is 27.1 Å². The zero-order valence-corrected chi connectivity index (χ0v) is 16.7. The number of rotatable bonds is 5. The summed E-state index contributed by atoms with van der Waals surface area (Å²) in [5.41, 5.74) is 6.50. The Morgan fingerprint density at radius 2 is 1.89 bits per heavy atom. The van der Waals surface area contributed by atoms with Crippen molar-refractivity contribution in [2.45, 2.75) is 0 Å². The summed E-state index contributed by atoms with van der Waals surface area (Å²) in [5, 5.41) is 4.33. The number of hydrogen-bond donors (Lipinski definition) is 1. The average Bonchev–Trinajstić information content (AvgIpc) is 3.22. The van der Waals surface area contributed by atoms with Crippen molar-refractivity contribution in [2.24, 2.45) is 5.73 Å². The van der Waals surface area contributed by atoms with Gasteiger partial charge in [0.05, 0.1) is 4.53 Å². The lowest BCUT2D eigenvalue weighted by Gasteiger charge is -2.03. The van der Waals surface area contributed by atoms with E-state index in [0.717, 1.165) is 15.6 Å². The van der Waals surface area contributed by atoms with Gasteiger partial charge in [-0.15, -0.1) is 5.10 Å². The molecule has 0 saturated carbocycles. The van der Waals surface area contributed by atoms with Gasteiger partial charge < -0.3 is 10.5 Å². The van der Waals surface area contributed by atoms with Crippen molar-refractivity contribution in [2.75, 3.05) is 6.61 Å². The molecule has 140 valence electrons. The Morgan fingerprint density at radius 1 is 1.18 bits per heavy atom. The van der Waals surface area contributed by atoms with E-state index in [4.69, 9.17) is 10.5 Å². The monoisotopic (exact) mass is 456 g/mol. The molecule has 28 heavy (non-hydrogen) atoms. The van der Waals surface area contributed by atoms with E-state index >= 15 is 0 Å². The van der Waals surface area contributed by atoms with E-state index in [2.05, 4.69) is 26.0 Å². The Balaban J connectivity index is 1.63. The van der Waals surface area contributed by atoms with Crippen LogP contribution in [0.15, 0.2) is 57.8 Å². The minimum absolute atomic E-state index is 0.178. The van der Waals surface area contributed by atoms with Crippen LogP contribution >= 0.6 is 27.3 Å². The number of nitrogens with two attached hydrogens (primary N) is 1. The molecule has 2 heterocycles. The number of benzene rings is 2. The molecule has 0 unspecified atom stereocenters. The van der Waals surface area contributed by atoms with Crippen molar-refractivity contribution in [1.29, 1.82) is 0 Å².